The molecule has 0 bridgehead atoms. The number of nitrogens with two attached hydrogens (primary N) is 1. The molecule has 1 rings (SSSR count). The van der Waals surface area contributed by atoms with Crippen molar-refractivity contribution in [2.45, 2.75) is 79.8 Å². The van der Waals surface area contributed by atoms with E-state index in [1.807, 2.05) is 12.2 Å². The molecule has 1 saturated heterocycles. The highest BCUT2D eigenvalue weighted by molar-refractivity contribution is 5.93. The van der Waals surface area contributed by atoms with Gasteiger partial charge in [-0.15, -0.1) is 0 Å². The van der Waals surface area contributed by atoms with Crippen molar-refractivity contribution in [3.63, 3.8) is 0 Å². The summed E-state index contributed by atoms with van der Waals surface area (Å²) in [7, 11) is 0. The number of hydrogen-bond acceptors (Lipinski definition) is 8. The first-order valence-corrected chi connectivity index (χ1v) is 14.1. The van der Waals surface area contributed by atoms with Crippen LogP contribution in [0.25, 0.3) is 0 Å². The molecule has 0 radical (unpaired) electrons. The predicted molar refractivity (Wildman–Crippen MR) is 157 cm³/mol. The standard InChI is InChI=1S/C19H31N7O8.2C4H10/c1-10-4-12(21-5-10)19(34)25-8-16(30)26-11(2-3-13(20)27)18(33)24-7-15(29)22-6-14(28)23-9-17(31)32;2*1-4(2)3/h10-12,21H,2-9H2,1H3,(H2,20,27)(H,22,29)(H,23,28)(H,24,33)(H,25,34)(H,26,30)(H,31,32);2*4H,1-3H3. The molecule has 0 saturated carbocycles. The van der Waals surface area contributed by atoms with E-state index in [2.05, 4.69) is 68.1 Å². The number of carboxylic acids is 1. The van der Waals surface area contributed by atoms with E-state index in [0.29, 0.717) is 18.9 Å². The zero-order chi connectivity index (χ0) is 32.8. The molecule has 0 spiro atoms. The number of primary amides is 1. The number of carbonyl (C=O) groups excluding carboxylic acids is 6. The van der Waals surface area contributed by atoms with E-state index in [4.69, 9.17) is 10.8 Å². The van der Waals surface area contributed by atoms with Crippen molar-refractivity contribution in [1.82, 2.24) is 31.9 Å². The molecular formula is C27H51N7O8. The van der Waals surface area contributed by atoms with Gasteiger partial charge in [0.2, 0.25) is 35.4 Å². The molecule has 0 aromatic heterocycles. The van der Waals surface area contributed by atoms with Gasteiger partial charge in [0.15, 0.2) is 0 Å². The molecule has 1 aliphatic heterocycles. The lowest BCUT2D eigenvalue weighted by molar-refractivity contribution is -0.138. The Morgan fingerprint density at radius 1 is 0.786 bits per heavy atom. The number of carbonyl (C=O) groups is 7. The largest absolute Gasteiger partial charge is 0.480 e. The number of rotatable bonds is 14. The molecule has 1 aliphatic rings. The summed E-state index contributed by atoms with van der Waals surface area (Å²) in [5.74, 6) is -3.24. The average Bonchev–Trinajstić information content (AvgIpc) is 3.31. The maximum atomic E-state index is 12.4. The van der Waals surface area contributed by atoms with Crippen LogP contribution < -0.4 is 37.6 Å². The summed E-state index contributed by atoms with van der Waals surface area (Å²) >= 11 is 0. The van der Waals surface area contributed by atoms with Crippen molar-refractivity contribution in [3.8, 4) is 0 Å². The Hall–Kier alpha value is -3.75. The van der Waals surface area contributed by atoms with E-state index >= 15 is 0 Å². The second-order valence-corrected chi connectivity index (χ2v) is 11.3. The van der Waals surface area contributed by atoms with E-state index in [1.165, 1.54) is 0 Å². The molecule has 0 aromatic rings. The van der Waals surface area contributed by atoms with Gasteiger partial charge < -0.3 is 42.7 Å². The molecule has 3 unspecified atom stereocenters. The SMILES string of the molecule is CC(C)C.CC(C)C.CC1CNC(C(=O)NCC(=O)NC(CCC(N)=O)C(=O)NCC(=O)NCC(=O)NCC(=O)O)C1. The summed E-state index contributed by atoms with van der Waals surface area (Å²) in [6.45, 7) is 13.6. The van der Waals surface area contributed by atoms with Gasteiger partial charge >= 0.3 is 5.97 Å². The highest BCUT2D eigenvalue weighted by Crippen LogP contribution is 2.12. The molecule has 42 heavy (non-hydrogen) atoms. The fourth-order valence-electron chi connectivity index (χ4n) is 2.97. The van der Waals surface area contributed by atoms with Gasteiger partial charge in [-0.05, 0) is 37.1 Å². The average molecular weight is 602 g/mol. The fourth-order valence-corrected chi connectivity index (χ4v) is 2.97. The third kappa shape index (κ3) is 25.2. The summed E-state index contributed by atoms with van der Waals surface area (Å²) in [6.07, 6.45) is 0.284. The molecule has 0 aromatic carbocycles. The van der Waals surface area contributed by atoms with Crippen LogP contribution in [0.4, 0.5) is 0 Å². The number of amides is 6. The second-order valence-electron chi connectivity index (χ2n) is 11.3. The fraction of sp³-hybridized carbons (Fsp3) is 0.741. The van der Waals surface area contributed by atoms with Crippen LogP contribution in [0.3, 0.4) is 0 Å². The topological polar surface area (TPSA) is 238 Å². The molecule has 242 valence electrons. The summed E-state index contributed by atoms with van der Waals surface area (Å²) in [4.78, 5) is 81.3. The Morgan fingerprint density at radius 2 is 1.26 bits per heavy atom. The van der Waals surface area contributed by atoms with Gasteiger partial charge in [-0.25, -0.2) is 0 Å². The summed E-state index contributed by atoms with van der Waals surface area (Å²) in [5, 5.41) is 22.8. The lowest BCUT2D eigenvalue weighted by atomic mass is 10.1. The van der Waals surface area contributed by atoms with E-state index in [-0.39, 0.29) is 18.7 Å². The number of hydrogen-bond donors (Lipinski definition) is 8. The van der Waals surface area contributed by atoms with Crippen LogP contribution in [0.1, 0.15) is 67.7 Å². The van der Waals surface area contributed by atoms with Gasteiger partial charge in [0, 0.05) is 6.42 Å². The van der Waals surface area contributed by atoms with Crippen molar-refractivity contribution < 1.29 is 38.7 Å². The summed E-state index contributed by atoms with van der Waals surface area (Å²) in [6, 6.07) is -1.60. The smallest absolute Gasteiger partial charge is 0.322 e. The van der Waals surface area contributed by atoms with E-state index in [0.717, 1.165) is 11.8 Å². The van der Waals surface area contributed by atoms with Crippen LogP contribution in [0.5, 0.6) is 0 Å². The Bertz CT molecular complexity index is 884. The van der Waals surface area contributed by atoms with Gasteiger partial charge in [-0.3, -0.25) is 33.6 Å². The Balaban J connectivity index is 0. The quantitative estimate of drug-likeness (QED) is 0.117. The minimum Gasteiger partial charge on any atom is -0.480 e. The third-order valence-corrected chi connectivity index (χ3v) is 4.73. The molecule has 6 amide bonds. The molecule has 1 heterocycles. The maximum Gasteiger partial charge on any atom is 0.322 e. The van der Waals surface area contributed by atoms with Crippen molar-refractivity contribution in [2.75, 3.05) is 32.7 Å². The molecule has 0 aliphatic carbocycles. The van der Waals surface area contributed by atoms with Crippen LogP contribution >= 0.6 is 0 Å². The van der Waals surface area contributed by atoms with Crippen LogP contribution in [0.15, 0.2) is 0 Å². The zero-order valence-electron chi connectivity index (χ0n) is 25.9. The minimum atomic E-state index is -1.25. The number of nitrogens with one attached hydrogen (secondary N) is 6. The van der Waals surface area contributed by atoms with E-state index in [9.17, 15) is 33.6 Å². The van der Waals surface area contributed by atoms with Crippen LogP contribution in [0, 0.1) is 17.8 Å². The number of carboxylic acid groups (broad SMARTS) is 1. The van der Waals surface area contributed by atoms with Crippen molar-refractivity contribution in [1.29, 1.82) is 0 Å². The predicted octanol–water partition coefficient (Wildman–Crippen LogP) is -1.39. The molecule has 9 N–H and O–H groups in total. The van der Waals surface area contributed by atoms with Crippen LogP contribution in [-0.4, -0.2) is 91.3 Å². The van der Waals surface area contributed by atoms with Crippen molar-refractivity contribution >= 4 is 41.4 Å². The van der Waals surface area contributed by atoms with E-state index in [1.54, 1.807) is 0 Å². The van der Waals surface area contributed by atoms with Gasteiger partial charge in [-0.2, -0.15) is 0 Å². The minimum absolute atomic E-state index is 0.137. The molecule has 15 heteroatoms. The lowest BCUT2D eigenvalue weighted by Crippen LogP contribution is -2.52. The lowest BCUT2D eigenvalue weighted by Gasteiger charge is -2.18. The summed E-state index contributed by atoms with van der Waals surface area (Å²) in [5.41, 5.74) is 5.10. The van der Waals surface area contributed by atoms with Gasteiger partial charge in [0.05, 0.1) is 25.7 Å². The van der Waals surface area contributed by atoms with E-state index < -0.39 is 73.8 Å². The highest BCUT2D eigenvalue weighted by Gasteiger charge is 2.27. The normalized spacial score (nSPS) is 16.0. The second kappa shape index (κ2) is 22.9. The first-order chi connectivity index (χ1) is 19.4. The Morgan fingerprint density at radius 3 is 1.71 bits per heavy atom. The van der Waals surface area contributed by atoms with Crippen molar-refractivity contribution in [3.05, 3.63) is 0 Å². The maximum absolute atomic E-state index is 12.4. The monoisotopic (exact) mass is 601 g/mol. The molecule has 15 nitrogen and oxygen atoms in total. The van der Waals surface area contributed by atoms with Gasteiger partial charge in [-0.1, -0.05) is 48.5 Å². The van der Waals surface area contributed by atoms with Crippen molar-refractivity contribution in [2.24, 2.45) is 23.5 Å². The van der Waals surface area contributed by atoms with Gasteiger partial charge in [0.25, 0.3) is 0 Å². The molecular weight excluding hydrogens is 550 g/mol. The summed E-state index contributed by atoms with van der Waals surface area (Å²) < 4.78 is 0. The molecule has 3 atom stereocenters. The third-order valence-electron chi connectivity index (χ3n) is 4.73. The number of aliphatic carboxylic acids is 1. The first-order valence-electron chi connectivity index (χ1n) is 14.1. The first kappa shape index (κ1) is 40.4. The van der Waals surface area contributed by atoms with Crippen LogP contribution in [-0.2, 0) is 33.6 Å². The Labute approximate surface area is 248 Å². The van der Waals surface area contributed by atoms with Gasteiger partial charge in [0.1, 0.15) is 12.6 Å². The Kier molecular flexibility index (Phi) is 22.0. The highest BCUT2D eigenvalue weighted by atomic mass is 16.4. The van der Waals surface area contributed by atoms with Crippen LogP contribution in [0.2, 0.25) is 0 Å². The molecule has 1 fully saturated rings. The zero-order valence-corrected chi connectivity index (χ0v) is 25.9.